The lowest BCUT2D eigenvalue weighted by molar-refractivity contribution is 0.0954. The van der Waals surface area contributed by atoms with Gasteiger partial charge in [0.25, 0.3) is 15.9 Å². The molecule has 154 valence electrons. The lowest BCUT2D eigenvalue weighted by Gasteiger charge is -2.19. The second-order valence-electron chi connectivity index (χ2n) is 6.95. The van der Waals surface area contributed by atoms with E-state index < -0.39 is 15.9 Å². The minimum absolute atomic E-state index is 0.0696. The van der Waals surface area contributed by atoms with Crippen molar-refractivity contribution in [3.63, 3.8) is 0 Å². The molecule has 29 heavy (non-hydrogen) atoms. The average Bonchev–Trinajstić information content (AvgIpc) is 2.70. The molecule has 1 unspecified atom stereocenters. The highest BCUT2D eigenvalue weighted by molar-refractivity contribution is 7.92. The van der Waals surface area contributed by atoms with Crippen molar-refractivity contribution in [2.24, 2.45) is 11.0 Å². The molecule has 1 amide bonds. The molecule has 1 atom stereocenters. The fourth-order valence-electron chi connectivity index (χ4n) is 3.11. The fraction of sp³-hybridized carbons (Fsp3) is 0.300. The van der Waals surface area contributed by atoms with E-state index in [9.17, 15) is 13.2 Å². The maximum Gasteiger partial charge on any atom is 0.271 e. The Balaban J connectivity index is 1.78. The molecule has 0 aliphatic heterocycles. The first-order valence-electron chi connectivity index (χ1n) is 9.21. The van der Waals surface area contributed by atoms with Gasteiger partial charge in [-0.15, -0.1) is 0 Å². The van der Waals surface area contributed by atoms with Gasteiger partial charge in [-0.3, -0.25) is 9.52 Å². The highest BCUT2D eigenvalue weighted by atomic mass is 35.5. The Morgan fingerprint density at radius 2 is 1.93 bits per heavy atom. The van der Waals surface area contributed by atoms with Crippen LogP contribution < -0.4 is 10.1 Å². The minimum atomic E-state index is -3.96. The topological polar surface area (TPSA) is 87.6 Å². The van der Waals surface area contributed by atoms with Gasteiger partial charge in [-0.05, 0) is 61.6 Å². The van der Waals surface area contributed by atoms with Crippen LogP contribution in [-0.4, -0.2) is 20.0 Å². The number of nitrogens with zero attached hydrogens (tertiary/aromatic N) is 1. The molecule has 0 spiro atoms. The quantitative estimate of drug-likeness (QED) is 0.617. The van der Waals surface area contributed by atoms with Gasteiger partial charge >= 0.3 is 0 Å². The molecule has 1 aliphatic rings. The van der Waals surface area contributed by atoms with Crippen molar-refractivity contribution < 1.29 is 13.2 Å². The standard InChI is InChI=1S/C20H21Cl2N3O3S/c1-13-5-2-3-8-18(13)23-24-20(26)14-6-4-7-16(11-14)29(27,28)25-19-12-15(21)9-10-17(19)22/h4,6-7,9-13,25H,2-3,5,8H2,1H3,(H,24,26)/b23-18+. The normalized spacial score (nSPS) is 18.4. The zero-order valence-corrected chi connectivity index (χ0v) is 18.1. The smallest absolute Gasteiger partial charge is 0.271 e. The van der Waals surface area contributed by atoms with Crippen LogP contribution >= 0.6 is 23.2 Å². The second kappa shape index (κ2) is 9.15. The number of sulfonamides is 1. The molecule has 3 rings (SSSR count). The molecule has 9 heteroatoms. The number of rotatable bonds is 5. The van der Waals surface area contributed by atoms with Gasteiger partial charge in [-0.25, -0.2) is 13.8 Å². The maximum absolute atomic E-state index is 12.7. The van der Waals surface area contributed by atoms with E-state index in [2.05, 4.69) is 22.2 Å². The van der Waals surface area contributed by atoms with Crippen LogP contribution in [0.1, 0.15) is 43.0 Å². The highest BCUT2D eigenvalue weighted by Gasteiger charge is 2.19. The van der Waals surface area contributed by atoms with Crippen LogP contribution in [-0.2, 0) is 10.0 Å². The van der Waals surface area contributed by atoms with Crippen molar-refractivity contribution >= 4 is 50.5 Å². The Morgan fingerprint density at radius 3 is 2.69 bits per heavy atom. The number of hydrogen-bond acceptors (Lipinski definition) is 4. The highest BCUT2D eigenvalue weighted by Crippen LogP contribution is 2.28. The number of halogens is 2. The van der Waals surface area contributed by atoms with Crippen LogP contribution in [0.3, 0.4) is 0 Å². The molecule has 2 N–H and O–H groups in total. The fourth-order valence-corrected chi connectivity index (χ4v) is 4.62. The Bertz CT molecular complexity index is 1050. The lowest BCUT2D eigenvalue weighted by Crippen LogP contribution is -2.24. The number of amides is 1. The predicted molar refractivity (Wildman–Crippen MR) is 116 cm³/mol. The van der Waals surface area contributed by atoms with E-state index in [0.717, 1.165) is 31.4 Å². The SMILES string of the molecule is CC1CCCC/C1=N\NC(=O)c1cccc(S(=O)(=O)Nc2cc(Cl)ccc2Cl)c1. The van der Waals surface area contributed by atoms with Gasteiger partial charge in [0.15, 0.2) is 0 Å². The summed E-state index contributed by atoms with van der Waals surface area (Å²) < 4.78 is 27.8. The van der Waals surface area contributed by atoms with Gasteiger partial charge in [0, 0.05) is 16.3 Å². The summed E-state index contributed by atoms with van der Waals surface area (Å²) in [5.74, 6) is -0.129. The summed E-state index contributed by atoms with van der Waals surface area (Å²) >= 11 is 11.9. The van der Waals surface area contributed by atoms with Crippen molar-refractivity contribution in [3.8, 4) is 0 Å². The molecule has 0 aromatic heterocycles. The van der Waals surface area contributed by atoms with Crippen LogP contribution in [0.25, 0.3) is 0 Å². The number of nitrogens with one attached hydrogen (secondary N) is 2. The van der Waals surface area contributed by atoms with Gasteiger partial charge in [-0.2, -0.15) is 5.10 Å². The van der Waals surface area contributed by atoms with E-state index in [4.69, 9.17) is 23.2 Å². The number of hydrogen-bond donors (Lipinski definition) is 2. The molecule has 1 aliphatic carbocycles. The Hall–Kier alpha value is -2.09. The Labute approximate surface area is 180 Å². The van der Waals surface area contributed by atoms with Gasteiger partial charge in [-0.1, -0.05) is 42.6 Å². The van der Waals surface area contributed by atoms with Gasteiger partial charge < -0.3 is 0 Å². The Kier molecular flexibility index (Phi) is 6.82. The molecule has 2 aromatic rings. The van der Waals surface area contributed by atoms with Crippen LogP contribution in [0.4, 0.5) is 5.69 Å². The van der Waals surface area contributed by atoms with E-state index in [-0.39, 0.29) is 21.2 Å². The molecular weight excluding hydrogens is 433 g/mol. The Morgan fingerprint density at radius 1 is 1.14 bits per heavy atom. The molecule has 0 bridgehead atoms. The third kappa shape index (κ3) is 5.50. The van der Waals surface area contributed by atoms with E-state index in [0.29, 0.717) is 10.9 Å². The third-order valence-corrected chi connectivity index (χ3v) is 6.70. The third-order valence-electron chi connectivity index (χ3n) is 4.77. The summed E-state index contributed by atoms with van der Waals surface area (Å²) in [6.45, 7) is 2.09. The molecule has 6 nitrogen and oxygen atoms in total. The molecule has 0 radical (unpaired) electrons. The van der Waals surface area contributed by atoms with Crippen molar-refractivity contribution in [2.75, 3.05) is 4.72 Å². The second-order valence-corrected chi connectivity index (χ2v) is 9.47. The molecule has 0 saturated heterocycles. The van der Waals surface area contributed by atoms with Gasteiger partial charge in [0.1, 0.15) is 0 Å². The number of benzene rings is 2. The van der Waals surface area contributed by atoms with Gasteiger partial charge in [0.05, 0.1) is 15.6 Å². The monoisotopic (exact) mass is 453 g/mol. The van der Waals surface area contributed by atoms with Crippen molar-refractivity contribution in [2.45, 2.75) is 37.5 Å². The lowest BCUT2D eigenvalue weighted by atomic mass is 9.89. The van der Waals surface area contributed by atoms with E-state index >= 15 is 0 Å². The average molecular weight is 454 g/mol. The summed E-state index contributed by atoms with van der Waals surface area (Å²) in [6, 6.07) is 10.2. The zero-order chi connectivity index (χ0) is 21.0. The van der Waals surface area contributed by atoms with Crippen LogP contribution in [0.2, 0.25) is 10.0 Å². The van der Waals surface area contributed by atoms with Crippen LogP contribution in [0.5, 0.6) is 0 Å². The van der Waals surface area contributed by atoms with Crippen LogP contribution in [0.15, 0.2) is 52.5 Å². The number of hydrazone groups is 1. The van der Waals surface area contributed by atoms with Gasteiger partial charge in [0.2, 0.25) is 0 Å². The molecule has 1 saturated carbocycles. The zero-order valence-electron chi connectivity index (χ0n) is 15.8. The maximum atomic E-state index is 12.7. The number of anilines is 1. The van der Waals surface area contributed by atoms with Crippen molar-refractivity contribution in [3.05, 3.63) is 58.1 Å². The first-order valence-corrected chi connectivity index (χ1v) is 11.4. The molecular formula is C20H21Cl2N3O3S. The van der Waals surface area contributed by atoms with Crippen LogP contribution in [0, 0.1) is 5.92 Å². The molecule has 0 heterocycles. The minimum Gasteiger partial charge on any atom is -0.278 e. The van der Waals surface area contributed by atoms with Crippen molar-refractivity contribution in [1.29, 1.82) is 0 Å². The number of carbonyl (C=O) groups excluding carboxylic acids is 1. The summed E-state index contributed by atoms with van der Waals surface area (Å²) in [5, 5.41) is 4.80. The van der Waals surface area contributed by atoms with E-state index in [1.807, 2.05) is 0 Å². The summed E-state index contributed by atoms with van der Waals surface area (Å²) in [4.78, 5) is 12.4. The first-order chi connectivity index (χ1) is 13.8. The molecule has 2 aromatic carbocycles. The largest absolute Gasteiger partial charge is 0.278 e. The van der Waals surface area contributed by atoms with Crippen molar-refractivity contribution in [1.82, 2.24) is 5.43 Å². The summed E-state index contributed by atoms with van der Waals surface area (Å²) in [5.41, 5.74) is 3.85. The van der Waals surface area contributed by atoms with E-state index in [1.165, 1.54) is 36.4 Å². The number of carbonyl (C=O) groups is 1. The first kappa shape index (κ1) is 21.6. The summed E-state index contributed by atoms with van der Waals surface area (Å²) in [7, 11) is -3.96. The molecule has 1 fully saturated rings. The predicted octanol–water partition coefficient (Wildman–Crippen LogP) is 5.09. The van der Waals surface area contributed by atoms with E-state index in [1.54, 1.807) is 6.07 Å². The summed E-state index contributed by atoms with van der Waals surface area (Å²) in [6.07, 6.45) is 4.14.